The van der Waals surface area contributed by atoms with E-state index >= 15 is 0 Å². The van der Waals surface area contributed by atoms with Crippen LogP contribution in [-0.4, -0.2) is 50.5 Å². The van der Waals surface area contributed by atoms with Gasteiger partial charge in [-0.2, -0.15) is 0 Å². The highest BCUT2D eigenvalue weighted by molar-refractivity contribution is 6.16. The minimum absolute atomic E-state index is 0.0729. The molecule has 0 aliphatic rings. The number of aliphatic hydroxyl groups excluding tert-OH is 1. The van der Waals surface area contributed by atoms with Gasteiger partial charge in [-0.25, -0.2) is 0 Å². The third-order valence-corrected chi connectivity index (χ3v) is 14.9. The summed E-state index contributed by atoms with van der Waals surface area (Å²) in [6, 6.07) is 0. The Morgan fingerprint density at radius 1 is 0.258 bits per heavy atom. The number of rotatable bonds is 56. The Labute approximate surface area is 411 Å². The molecule has 0 fully saturated rings. The fourth-order valence-corrected chi connectivity index (χ4v) is 10.1. The Hall–Kier alpha value is -1.11. The zero-order valence-corrected chi connectivity index (χ0v) is 44.8. The van der Waals surface area contributed by atoms with E-state index in [1.54, 1.807) is 0 Å². The van der Waals surface area contributed by atoms with Gasteiger partial charge in [-0.15, -0.1) is 0 Å². The number of aliphatic hydroxyl groups is 3. The molecule has 0 aliphatic carbocycles. The van der Waals surface area contributed by atoms with E-state index in [0.29, 0.717) is 19.3 Å². The molecule has 0 amide bonds. The Bertz CT molecular complexity index is 1010. The zero-order valence-electron chi connectivity index (χ0n) is 44.8. The van der Waals surface area contributed by atoms with Gasteiger partial charge in [0.2, 0.25) is 5.60 Å². The summed E-state index contributed by atoms with van der Waals surface area (Å²) in [6.45, 7) is 5.65. The van der Waals surface area contributed by atoms with Gasteiger partial charge < -0.3 is 15.3 Å². The van der Waals surface area contributed by atoms with Crippen molar-refractivity contribution < 1.29 is 29.7 Å². The van der Waals surface area contributed by atoms with E-state index in [1.165, 1.54) is 231 Å². The van der Waals surface area contributed by atoms with Crippen molar-refractivity contribution in [3.63, 3.8) is 0 Å². The second-order valence-corrected chi connectivity index (χ2v) is 21.2. The maximum atomic E-state index is 13.9. The summed E-state index contributed by atoms with van der Waals surface area (Å²) in [4.78, 5) is 41.4. The lowest BCUT2D eigenvalue weighted by atomic mass is 9.71. The van der Waals surface area contributed by atoms with Gasteiger partial charge in [-0.3, -0.25) is 14.4 Å². The van der Waals surface area contributed by atoms with E-state index in [0.717, 1.165) is 57.8 Å². The topological polar surface area (TPSA) is 112 Å². The summed E-state index contributed by atoms with van der Waals surface area (Å²) in [7, 11) is 0. The molecule has 66 heavy (non-hydrogen) atoms. The van der Waals surface area contributed by atoms with Gasteiger partial charge in [0.15, 0.2) is 23.0 Å². The van der Waals surface area contributed by atoms with Crippen LogP contribution in [0.2, 0.25) is 0 Å². The maximum Gasteiger partial charge on any atom is 0.219 e. The van der Waals surface area contributed by atoms with E-state index < -0.39 is 35.2 Å². The number of Topliss-reactive ketones (excluding diaryl/α,β-unsaturated/α-hetero) is 3. The smallest absolute Gasteiger partial charge is 0.219 e. The summed E-state index contributed by atoms with van der Waals surface area (Å²) in [5.74, 6) is -2.42. The van der Waals surface area contributed by atoms with Crippen LogP contribution >= 0.6 is 0 Å². The van der Waals surface area contributed by atoms with Gasteiger partial charge in [0.05, 0.1) is 6.61 Å². The monoisotopic (exact) mass is 933 g/mol. The van der Waals surface area contributed by atoms with E-state index in [1.807, 2.05) is 0 Å². The number of ketones is 3. The third-order valence-electron chi connectivity index (χ3n) is 14.9. The molecule has 0 radical (unpaired) electrons. The fourth-order valence-electron chi connectivity index (χ4n) is 10.1. The number of unbranched alkanes of at least 4 members (excludes halogenated alkanes) is 45. The molecule has 0 saturated carbocycles. The largest absolute Gasteiger partial charge is 0.393 e. The van der Waals surface area contributed by atoms with Gasteiger partial charge in [-0.05, 0) is 19.3 Å². The van der Waals surface area contributed by atoms with Crippen LogP contribution in [0.15, 0.2) is 0 Å². The van der Waals surface area contributed by atoms with Crippen LogP contribution in [0.4, 0.5) is 0 Å². The van der Waals surface area contributed by atoms with Crippen LogP contribution in [-0.2, 0) is 14.4 Å². The summed E-state index contributed by atoms with van der Waals surface area (Å²) in [5.41, 5.74) is -5.74. The number of hydrogen-bond donors (Lipinski definition) is 3. The van der Waals surface area contributed by atoms with Crippen LogP contribution in [0, 0.1) is 0 Å². The van der Waals surface area contributed by atoms with Gasteiger partial charge in [0.25, 0.3) is 0 Å². The molecule has 0 spiro atoms. The summed E-state index contributed by atoms with van der Waals surface area (Å²) in [6.07, 6.45) is 57.3. The van der Waals surface area contributed by atoms with Crippen molar-refractivity contribution in [1.82, 2.24) is 0 Å². The second-order valence-electron chi connectivity index (χ2n) is 21.2. The molecule has 0 saturated heterocycles. The Balaban J connectivity index is 4.82. The molecule has 1 atom stereocenters. The Morgan fingerprint density at radius 3 is 0.576 bits per heavy atom. The molecule has 0 heterocycles. The second kappa shape index (κ2) is 48.9. The normalized spacial score (nSPS) is 12.8. The maximum absolute atomic E-state index is 13.9. The third kappa shape index (κ3) is 35.1. The van der Waals surface area contributed by atoms with Crippen molar-refractivity contribution in [2.24, 2.45) is 0 Å². The SMILES string of the molecule is CCCCCCCCCCCCCCCCCCC(=O)C(O)(CO)C(O)(C(=O)CCCCCCCCCCCCCCCCCC)C(=O)CCCCCCCCCCCCCCCCCC. The predicted molar refractivity (Wildman–Crippen MR) is 284 cm³/mol. The lowest BCUT2D eigenvalue weighted by Gasteiger charge is -2.39. The Morgan fingerprint density at radius 2 is 0.409 bits per heavy atom. The quantitative estimate of drug-likeness (QED) is 0.0414. The summed E-state index contributed by atoms with van der Waals surface area (Å²) in [5, 5.41) is 34.3. The van der Waals surface area contributed by atoms with Crippen LogP contribution in [0.1, 0.15) is 348 Å². The van der Waals surface area contributed by atoms with Gasteiger partial charge in [-0.1, -0.05) is 310 Å². The first kappa shape index (κ1) is 64.9. The molecule has 0 aromatic rings. The molecular weight excluding hydrogens is 817 g/mol. The van der Waals surface area contributed by atoms with Crippen LogP contribution < -0.4 is 0 Å². The van der Waals surface area contributed by atoms with Crippen molar-refractivity contribution in [3.8, 4) is 0 Å². The van der Waals surface area contributed by atoms with Gasteiger partial charge in [0.1, 0.15) is 0 Å². The highest BCUT2D eigenvalue weighted by atomic mass is 16.4. The van der Waals surface area contributed by atoms with E-state index in [4.69, 9.17) is 0 Å². The molecule has 6 heteroatoms. The first-order valence-electron chi connectivity index (χ1n) is 29.9. The van der Waals surface area contributed by atoms with Gasteiger partial charge >= 0.3 is 0 Å². The molecule has 0 aliphatic heterocycles. The van der Waals surface area contributed by atoms with Crippen LogP contribution in [0.5, 0.6) is 0 Å². The van der Waals surface area contributed by atoms with Crippen LogP contribution in [0.25, 0.3) is 0 Å². The highest BCUT2D eigenvalue weighted by Crippen LogP contribution is 2.32. The van der Waals surface area contributed by atoms with Crippen molar-refractivity contribution >= 4 is 17.3 Å². The standard InChI is InChI=1S/C60H116O6/c1-4-7-10-13-16-19-22-25-28-31-34-37-40-43-46-49-52-56(62)59(65,55-61)60(66,57(63)53-50-47-44-41-38-35-32-29-26-23-20-17-14-11-8-5-2)58(64)54-51-48-45-42-39-36-33-30-27-24-21-18-15-12-9-6-3/h61,65-66H,4-55H2,1-3H3. The first-order chi connectivity index (χ1) is 32.3. The summed E-state index contributed by atoms with van der Waals surface area (Å²) < 4.78 is 0. The van der Waals surface area contributed by atoms with E-state index in [2.05, 4.69) is 20.8 Å². The average molecular weight is 934 g/mol. The highest BCUT2D eigenvalue weighted by Gasteiger charge is 2.62. The molecule has 0 bridgehead atoms. The van der Waals surface area contributed by atoms with Crippen molar-refractivity contribution in [2.75, 3.05) is 6.61 Å². The van der Waals surface area contributed by atoms with Gasteiger partial charge in [0, 0.05) is 19.3 Å². The molecular formula is C60H116O6. The summed E-state index contributed by atoms with van der Waals surface area (Å²) >= 11 is 0. The number of hydrogen-bond acceptors (Lipinski definition) is 6. The van der Waals surface area contributed by atoms with Crippen LogP contribution in [0.3, 0.4) is 0 Å². The average Bonchev–Trinajstić information content (AvgIpc) is 3.32. The fraction of sp³-hybridized carbons (Fsp3) is 0.950. The predicted octanol–water partition coefficient (Wildman–Crippen LogP) is 18.1. The lowest BCUT2D eigenvalue weighted by molar-refractivity contribution is -0.194. The van der Waals surface area contributed by atoms with E-state index in [9.17, 15) is 29.7 Å². The molecule has 1 unspecified atom stereocenters. The molecule has 6 nitrogen and oxygen atoms in total. The first-order valence-corrected chi connectivity index (χ1v) is 29.9. The Kier molecular flexibility index (Phi) is 48.1. The minimum Gasteiger partial charge on any atom is -0.393 e. The molecule has 3 N–H and O–H groups in total. The van der Waals surface area contributed by atoms with E-state index in [-0.39, 0.29) is 19.3 Å². The number of carbonyl (C=O) groups is 3. The van der Waals surface area contributed by atoms with Crippen molar-refractivity contribution in [1.29, 1.82) is 0 Å². The molecule has 0 aromatic carbocycles. The molecule has 0 rings (SSSR count). The minimum atomic E-state index is -2.92. The van der Waals surface area contributed by atoms with Crippen molar-refractivity contribution in [3.05, 3.63) is 0 Å². The molecule has 392 valence electrons. The molecule has 0 aromatic heterocycles. The number of carbonyl (C=O) groups excluding carboxylic acids is 3. The zero-order chi connectivity index (χ0) is 48.5. The lowest BCUT2D eigenvalue weighted by Crippen LogP contribution is -2.69. The van der Waals surface area contributed by atoms with Crippen molar-refractivity contribution in [2.45, 2.75) is 359 Å².